The largest absolute Gasteiger partial charge is 0.395 e. The molecule has 17 heavy (non-hydrogen) atoms. The van der Waals surface area contributed by atoms with Crippen LogP contribution in [0, 0.1) is 5.92 Å². The van der Waals surface area contributed by atoms with E-state index >= 15 is 0 Å². The highest BCUT2D eigenvalue weighted by molar-refractivity contribution is 7.90. The van der Waals surface area contributed by atoms with E-state index in [0.29, 0.717) is 0 Å². The number of β-amino-alcohol motifs (C(OH)–C–C–N with tert-alkyl or cyclic N) is 1. The van der Waals surface area contributed by atoms with Crippen molar-refractivity contribution in [2.75, 3.05) is 57.9 Å². The second kappa shape index (κ2) is 6.68. The van der Waals surface area contributed by atoms with Gasteiger partial charge in [-0.1, -0.05) is 6.92 Å². The summed E-state index contributed by atoms with van der Waals surface area (Å²) in [4.78, 5) is 4.54. The molecule has 0 aromatic carbocycles. The molecule has 1 fully saturated rings. The highest BCUT2D eigenvalue weighted by atomic mass is 32.2. The van der Waals surface area contributed by atoms with Crippen LogP contribution >= 0.6 is 0 Å². The molecule has 0 spiro atoms. The quantitative estimate of drug-likeness (QED) is 0.686. The second-order valence-electron chi connectivity index (χ2n) is 5.06. The van der Waals surface area contributed by atoms with Crippen LogP contribution in [0.25, 0.3) is 0 Å². The Kier molecular flexibility index (Phi) is 5.85. The highest BCUT2D eigenvalue weighted by Crippen LogP contribution is 2.07. The van der Waals surface area contributed by atoms with Gasteiger partial charge in [0, 0.05) is 45.5 Å². The van der Waals surface area contributed by atoms with Crippen LogP contribution in [-0.4, -0.2) is 81.2 Å². The number of hydrogen-bond acceptors (Lipinski definition) is 5. The fourth-order valence-electron chi connectivity index (χ4n) is 2.35. The number of hydrogen-bond donors (Lipinski definition) is 1. The van der Waals surface area contributed by atoms with Crippen molar-refractivity contribution in [1.82, 2.24) is 9.80 Å². The SMILES string of the molecule is CC(CN1CCN(CCO)CC1)CS(C)(=O)=O. The van der Waals surface area contributed by atoms with Crippen LogP contribution in [0.4, 0.5) is 0 Å². The summed E-state index contributed by atoms with van der Waals surface area (Å²) in [7, 11) is -2.86. The van der Waals surface area contributed by atoms with E-state index in [1.54, 1.807) is 0 Å². The molecule has 0 bridgehead atoms. The second-order valence-corrected chi connectivity index (χ2v) is 7.25. The lowest BCUT2D eigenvalue weighted by molar-refractivity contribution is 0.105. The molecular weight excluding hydrogens is 240 g/mol. The molecule has 1 N–H and O–H groups in total. The zero-order chi connectivity index (χ0) is 12.9. The maximum atomic E-state index is 11.2. The molecule has 0 aromatic heterocycles. The summed E-state index contributed by atoms with van der Waals surface area (Å²) in [6.07, 6.45) is 1.29. The van der Waals surface area contributed by atoms with Crippen LogP contribution < -0.4 is 0 Å². The van der Waals surface area contributed by atoms with Crippen LogP contribution in [-0.2, 0) is 9.84 Å². The van der Waals surface area contributed by atoms with Gasteiger partial charge in [0.1, 0.15) is 9.84 Å². The topological polar surface area (TPSA) is 60.9 Å². The average molecular weight is 264 g/mol. The lowest BCUT2D eigenvalue weighted by Gasteiger charge is -2.35. The Morgan fingerprint density at radius 2 is 1.71 bits per heavy atom. The van der Waals surface area contributed by atoms with E-state index < -0.39 is 9.84 Å². The van der Waals surface area contributed by atoms with E-state index in [-0.39, 0.29) is 18.3 Å². The molecule has 0 aromatic rings. The summed E-state index contributed by atoms with van der Waals surface area (Å²) in [6, 6.07) is 0. The number of sulfone groups is 1. The molecule has 0 amide bonds. The molecule has 102 valence electrons. The van der Waals surface area contributed by atoms with Crippen molar-refractivity contribution >= 4 is 9.84 Å². The zero-order valence-electron chi connectivity index (χ0n) is 10.8. The third-order valence-corrected chi connectivity index (χ3v) is 4.21. The molecule has 6 heteroatoms. The molecular formula is C11H24N2O3S. The molecule has 0 aliphatic carbocycles. The van der Waals surface area contributed by atoms with Crippen molar-refractivity contribution in [1.29, 1.82) is 0 Å². The number of rotatable bonds is 6. The first kappa shape index (κ1) is 14.9. The first-order valence-electron chi connectivity index (χ1n) is 6.14. The average Bonchev–Trinajstić information content (AvgIpc) is 2.18. The Balaban J connectivity index is 2.26. The maximum absolute atomic E-state index is 11.2. The van der Waals surface area contributed by atoms with Crippen molar-refractivity contribution in [3.8, 4) is 0 Å². The van der Waals surface area contributed by atoms with Crippen molar-refractivity contribution in [3.63, 3.8) is 0 Å². The van der Waals surface area contributed by atoms with Crippen LogP contribution in [0.2, 0.25) is 0 Å². The summed E-state index contributed by atoms with van der Waals surface area (Å²) in [5.74, 6) is 0.457. The van der Waals surface area contributed by atoms with E-state index in [1.165, 1.54) is 6.26 Å². The summed E-state index contributed by atoms with van der Waals surface area (Å²) in [5, 5.41) is 8.84. The standard InChI is InChI=1S/C11H24N2O3S/c1-11(10-17(2,15)16)9-13-5-3-12(4-6-13)7-8-14/h11,14H,3-10H2,1-2H3. The molecule has 0 saturated carbocycles. The Morgan fingerprint density at radius 1 is 1.18 bits per heavy atom. The minimum atomic E-state index is -2.86. The van der Waals surface area contributed by atoms with Gasteiger partial charge in [0.2, 0.25) is 0 Å². The summed E-state index contributed by atoms with van der Waals surface area (Å²) in [5.41, 5.74) is 0. The van der Waals surface area contributed by atoms with Crippen LogP contribution in [0.3, 0.4) is 0 Å². The fourth-order valence-corrected chi connectivity index (χ4v) is 3.49. The zero-order valence-corrected chi connectivity index (χ0v) is 11.6. The first-order chi connectivity index (χ1) is 7.90. The van der Waals surface area contributed by atoms with Crippen molar-refractivity contribution in [3.05, 3.63) is 0 Å². The van der Waals surface area contributed by atoms with E-state index in [9.17, 15) is 8.42 Å². The molecule has 1 atom stereocenters. The Labute approximate surface area is 104 Å². The molecule has 1 rings (SSSR count). The number of nitrogens with zero attached hydrogens (tertiary/aromatic N) is 2. The van der Waals surface area contributed by atoms with Gasteiger partial charge in [-0.25, -0.2) is 8.42 Å². The lowest BCUT2D eigenvalue weighted by Crippen LogP contribution is -2.48. The molecule has 1 unspecified atom stereocenters. The van der Waals surface area contributed by atoms with Gasteiger partial charge < -0.3 is 10.0 Å². The third kappa shape index (κ3) is 6.35. The predicted octanol–water partition coefficient (Wildman–Crippen LogP) is -0.723. The van der Waals surface area contributed by atoms with E-state index in [4.69, 9.17) is 5.11 Å². The van der Waals surface area contributed by atoms with Crippen LogP contribution in [0.15, 0.2) is 0 Å². The fraction of sp³-hybridized carbons (Fsp3) is 1.00. The number of aliphatic hydroxyl groups is 1. The van der Waals surface area contributed by atoms with Gasteiger partial charge in [-0.15, -0.1) is 0 Å². The van der Waals surface area contributed by atoms with Crippen molar-refractivity contribution < 1.29 is 13.5 Å². The van der Waals surface area contributed by atoms with E-state index in [1.807, 2.05) is 6.92 Å². The van der Waals surface area contributed by atoms with E-state index in [0.717, 1.165) is 39.3 Å². The van der Waals surface area contributed by atoms with Gasteiger partial charge in [-0.05, 0) is 5.92 Å². The molecule has 1 aliphatic heterocycles. The van der Waals surface area contributed by atoms with Crippen molar-refractivity contribution in [2.45, 2.75) is 6.92 Å². The molecule has 1 heterocycles. The maximum Gasteiger partial charge on any atom is 0.147 e. The number of piperazine rings is 1. The summed E-state index contributed by atoms with van der Waals surface area (Å²) < 4.78 is 22.3. The van der Waals surface area contributed by atoms with Gasteiger partial charge in [-0.2, -0.15) is 0 Å². The molecule has 1 saturated heterocycles. The van der Waals surface area contributed by atoms with Crippen LogP contribution in [0.1, 0.15) is 6.92 Å². The minimum Gasteiger partial charge on any atom is -0.395 e. The normalized spacial score (nSPS) is 21.6. The molecule has 5 nitrogen and oxygen atoms in total. The van der Waals surface area contributed by atoms with Crippen LogP contribution in [0.5, 0.6) is 0 Å². The third-order valence-electron chi connectivity index (χ3n) is 3.04. The molecule has 0 radical (unpaired) electrons. The Hall–Kier alpha value is -0.170. The summed E-state index contributed by atoms with van der Waals surface area (Å²) in [6.45, 7) is 7.65. The minimum absolute atomic E-state index is 0.189. The van der Waals surface area contributed by atoms with Gasteiger partial charge in [0.15, 0.2) is 0 Å². The Morgan fingerprint density at radius 3 is 2.18 bits per heavy atom. The van der Waals surface area contributed by atoms with Gasteiger partial charge in [0.25, 0.3) is 0 Å². The monoisotopic (exact) mass is 264 g/mol. The van der Waals surface area contributed by atoms with Gasteiger partial charge >= 0.3 is 0 Å². The molecule has 1 aliphatic rings. The smallest absolute Gasteiger partial charge is 0.147 e. The lowest BCUT2D eigenvalue weighted by atomic mass is 10.2. The highest BCUT2D eigenvalue weighted by Gasteiger charge is 2.19. The van der Waals surface area contributed by atoms with Gasteiger partial charge in [-0.3, -0.25) is 4.90 Å². The van der Waals surface area contributed by atoms with Gasteiger partial charge in [0.05, 0.1) is 12.4 Å². The van der Waals surface area contributed by atoms with Crippen molar-refractivity contribution in [2.24, 2.45) is 5.92 Å². The summed E-state index contributed by atoms with van der Waals surface area (Å²) >= 11 is 0. The number of aliphatic hydroxyl groups excluding tert-OH is 1. The first-order valence-corrected chi connectivity index (χ1v) is 8.20. The predicted molar refractivity (Wildman–Crippen MR) is 68.8 cm³/mol. The van der Waals surface area contributed by atoms with E-state index in [2.05, 4.69) is 9.80 Å². The Bertz CT molecular complexity index is 311.